The molecule has 1 fully saturated rings. The molecule has 0 bridgehead atoms. The summed E-state index contributed by atoms with van der Waals surface area (Å²) in [5.74, 6) is 1.96. The molecule has 17 heavy (non-hydrogen) atoms. The van der Waals surface area contributed by atoms with Crippen LogP contribution < -0.4 is 0 Å². The van der Waals surface area contributed by atoms with Crippen LogP contribution in [0.4, 0.5) is 0 Å². The standard InChI is InChI=1S/C14H20O2S/c1-10-5-11(2)7-12(6-10)8-13(15)14-9-17-4-3-16-14/h5-7,13-15H,3-4,8-9H2,1-2H3. The van der Waals surface area contributed by atoms with Crippen LogP contribution in [-0.4, -0.2) is 35.4 Å². The maximum absolute atomic E-state index is 10.2. The van der Waals surface area contributed by atoms with Crippen LogP contribution in [0.1, 0.15) is 16.7 Å². The Morgan fingerprint density at radius 2 is 2.06 bits per heavy atom. The molecule has 2 atom stereocenters. The van der Waals surface area contributed by atoms with Gasteiger partial charge in [-0.2, -0.15) is 11.8 Å². The minimum Gasteiger partial charge on any atom is -0.390 e. The van der Waals surface area contributed by atoms with Gasteiger partial charge in [-0.3, -0.25) is 0 Å². The normalized spacial score (nSPS) is 22.4. The zero-order chi connectivity index (χ0) is 12.3. The van der Waals surface area contributed by atoms with Crippen LogP contribution in [0.5, 0.6) is 0 Å². The van der Waals surface area contributed by atoms with Gasteiger partial charge in [-0.25, -0.2) is 0 Å². The highest BCUT2D eigenvalue weighted by atomic mass is 32.2. The molecule has 0 amide bonds. The number of benzene rings is 1. The number of thioether (sulfide) groups is 1. The van der Waals surface area contributed by atoms with Gasteiger partial charge in [0.25, 0.3) is 0 Å². The molecule has 0 aliphatic carbocycles. The second kappa shape index (κ2) is 5.89. The fourth-order valence-corrected chi connectivity index (χ4v) is 3.22. The smallest absolute Gasteiger partial charge is 0.0927 e. The van der Waals surface area contributed by atoms with Gasteiger partial charge in [-0.15, -0.1) is 0 Å². The molecule has 1 aliphatic heterocycles. The second-order valence-electron chi connectivity index (χ2n) is 4.75. The van der Waals surface area contributed by atoms with Gasteiger partial charge in [-0.1, -0.05) is 29.3 Å². The van der Waals surface area contributed by atoms with Gasteiger partial charge in [0, 0.05) is 17.9 Å². The van der Waals surface area contributed by atoms with Crippen LogP contribution in [-0.2, 0) is 11.2 Å². The van der Waals surface area contributed by atoms with Gasteiger partial charge in [0.2, 0.25) is 0 Å². The summed E-state index contributed by atoms with van der Waals surface area (Å²) in [6.07, 6.45) is 0.298. The molecular weight excluding hydrogens is 232 g/mol. The van der Waals surface area contributed by atoms with E-state index in [-0.39, 0.29) is 12.2 Å². The Balaban J connectivity index is 1.99. The lowest BCUT2D eigenvalue weighted by Gasteiger charge is -2.27. The fraction of sp³-hybridized carbons (Fsp3) is 0.571. The first-order chi connectivity index (χ1) is 8.15. The Labute approximate surface area is 107 Å². The Morgan fingerprint density at radius 3 is 2.65 bits per heavy atom. The maximum atomic E-state index is 10.2. The van der Waals surface area contributed by atoms with Crippen molar-refractivity contribution in [2.75, 3.05) is 18.1 Å². The number of aliphatic hydroxyl groups excluding tert-OH is 1. The Bertz CT molecular complexity index is 352. The lowest BCUT2D eigenvalue weighted by Crippen LogP contribution is -2.36. The third-order valence-electron chi connectivity index (χ3n) is 3.00. The maximum Gasteiger partial charge on any atom is 0.0927 e. The minimum atomic E-state index is -0.385. The van der Waals surface area contributed by atoms with E-state index in [2.05, 4.69) is 32.0 Å². The summed E-state index contributed by atoms with van der Waals surface area (Å²) >= 11 is 1.86. The molecular formula is C14H20O2S. The highest BCUT2D eigenvalue weighted by molar-refractivity contribution is 7.99. The van der Waals surface area contributed by atoms with E-state index in [1.807, 2.05) is 11.8 Å². The van der Waals surface area contributed by atoms with E-state index in [1.54, 1.807) is 0 Å². The largest absolute Gasteiger partial charge is 0.390 e. The third kappa shape index (κ3) is 3.73. The second-order valence-corrected chi connectivity index (χ2v) is 5.90. The topological polar surface area (TPSA) is 29.5 Å². The van der Waals surface area contributed by atoms with E-state index in [9.17, 15) is 5.11 Å². The van der Waals surface area contributed by atoms with Crippen LogP contribution in [0.3, 0.4) is 0 Å². The summed E-state index contributed by atoms with van der Waals surface area (Å²) in [6.45, 7) is 4.95. The molecule has 2 nitrogen and oxygen atoms in total. The highest BCUT2D eigenvalue weighted by Crippen LogP contribution is 2.19. The molecule has 1 aromatic rings. The molecule has 0 saturated carbocycles. The summed E-state index contributed by atoms with van der Waals surface area (Å²) < 4.78 is 5.60. The number of hydrogen-bond donors (Lipinski definition) is 1. The van der Waals surface area contributed by atoms with E-state index in [4.69, 9.17) is 4.74 Å². The van der Waals surface area contributed by atoms with Crippen molar-refractivity contribution in [1.29, 1.82) is 0 Å². The predicted molar refractivity (Wildman–Crippen MR) is 72.7 cm³/mol. The van der Waals surface area contributed by atoms with Gasteiger partial charge >= 0.3 is 0 Å². The van der Waals surface area contributed by atoms with Gasteiger partial charge in [0.05, 0.1) is 18.8 Å². The number of aliphatic hydroxyl groups is 1. The van der Waals surface area contributed by atoms with Crippen LogP contribution >= 0.6 is 11.8 Å². The van der Waals surface area contributed by atoms with Crippen LogP contribution in [0.15, 0.2) is 18.2 Å². The zero-order valence-corrected chi connectivity index (χ0v) is 11.3. The Kier molecular flexibility index (Phi) is 4.48. The summed E-state index contributed by atoms with van der Waals surface area (Å²) in [7, 11) is 0. The number of ether oxygens (including phenoxy) is 1. The van der Waals surface area contributed by atoms with Crippen molar-refractivity contribution >= 4 is 11.8 Å². The van der Waals surface area contributed by atoms with Crippen LogP contribution in [0.2, 0.25) is 0 Å². The molecule has 1 heterocycles. The van der Waals surface area contributed by atoms with E-state index < -0.39 is 0 Å². The van der Waals surface area contributed by atoms with Gasteiger partial charge in [0.1, 0.15) is 0 Å². The molecule has 0 aromatic heterocycles. The number of aryl methyl sites for hydroxylation is 2. The van der Waals surface area contributed by atoms with Crippen LogP contribution in [0.25, 0.3) is 0 Å². The zero-order valence-electron chi connectivity index (χ0n) is 10.5. The van der Waals surface area contributed by atoms with Gasteiger partial charge < -0.3 is 9.84 Å². The van der Waals surface area contributed by atoms with E-state index in [0.717, 1.165) is 18.1 Å². The lowest BCUT2D eigenvalue weighted by molar-refractivity contribution is -0.0208. The highest BCUT2D eigenvalue weighted by Gasteiger charge is 2.23. The summed E-state index contributed by atoms with van der Waals surface area (Å²) in [5, 5.41) is 10.2. The summed E-state index contributed by atoms with van der Waals surface area (Å²) in [4.78, 5) is 0. The van der Waals surface area contributed by atoms with Crippen molar-refractivity contribution < 1.29 is 9.84 Å². The average molecular weight is 252 g/mol. The molecule has 1 N–H and O–H groups in total. The molecule has 1 saturated heterocycles. The van der Waals surface area contributed by atoms with Crippen molar-refractivity contribution in [3.8, 4) is 0 Å². The first kappa shape index (κ1) is 12.9. The molecule has 2 unspecified atom stereocenters. The van der Waals surface area contributed by atoms with E-state index >= 15 is 0 Å². The van der Waals surface area contributed by atoms with E-state index in [0.29, 0.717) is 6.42 Å². The van der Waals surface area contributed by atoms with Crippen LogP contribution in [0, 0.1) is 13.8 Å². The average Bonchev–Trinajstić information content (AvgIpc) is 2.28. The van der Waals surface area contributed by atoms with Crippen molar-refractivity contribution in [3.63, 3.8) is 0 Å². The van der Waals surface area contributed by atoms with Crippen molar-refractivity contribution in [1.82, 2.24) is 0 Å². The number of hydrogen-bond acceptors (Lipinski definition) is 3. The fourth-order valence-electron chi connectivity index (χ4n) is 2.29. The molecule has 0 spiro atoms. The lowest BCUT2D eigenvalue weighted by atomic mass is 10.0. The Morgan fingerprint density at radius 1 is 1.35 bits per heavy atom. The molecule has 1 aliphatic rings. The molecule has 94 valence electrons. The summed E-state index contributed by atoms with van der Waals surface area (Å²) in [6, 6.07) is 6.45. The molecule has 1 aromatic carbocycles. The molecule has 0 radical (unpaired) electrons. The molecule has 3 heteroatoms. The van der Waals surface area contributed by atoms with Crippen molar-refractivity contribution in [3.05, 3.63) is 34.9 Å². The van der Waals surface area contributed by atoms with Crippen molar-refractivity contribution in [2.45, 2.75) is 32.5 Å². The first-order valence-corrected chi connectivity index (χ1v) is 7.25. The monoisotopic (exact) mass is 252 g/mol. The number of rotatable bonds is 3. The van der Waals surface area contributed by atoms with E-state index in [1.165, 1.54) is 16.7 Å². The SMILES string of the molecule is Cc1cc(C)cc(CC(O)C2CSCCO2)c1. The van der Waals surface area contributed by atoms with Gasteiger partial charge in [0.15, 0.2) is 0 Å². The first-order valence-electron chi connectivity index (χ1n) is 6.10. The summed E-state index contributed by atoms with van der Waals surface area (Å²) in [5.41, 5.74) is 3.71. The Hall–Kier alpha value is -0.510. The minimum absolute atomic E-state index is 0.00503. The van der Waals surface area contributed by atoms with Gasteiger partial charge in [-0.05, 0) is 19.4 Å². The third-order valence-corrected chi connectivity index (χ3v) is 4.02. The van der Waals surface area contributed by atoms with Crippen molar-refractivity contribution in [2.24, 2.45) is 0 Å². The quantitative estimate of drug-likeness (QED) is 0.895. The predicted octanol–water partition coefficient (Wildman–Crippen LogP) is 2.34. The molecule has 2 rings (SSSR count).